The molecule has 0 rings (SSSR count). The van der Waals surface area contributed by atoms with Crippen molar-refractivity contribution in [2.45, 2.75) is 18.1 Å². The van der Waals surface area contributed by atoms with Crippen LogP contribution in [0.3, 0.4) is 0 Å². The van der Waals surface area contributed by atoms with E-state index in [-0.39, 0.29) is 6.54 Å². The zero-order valence-electron chi connectivity index (χ0n) is 29.0. The molecule has 0 aliphatic heterocycles. The summed E-state index contributed by atoms with van der Waals surface area (Å²) >= 11 is 0. The molecule has 28 nitrogen and oxygen atoms in total. The van der Waals surface area contributed by atoms with Crippen LogP contribution in [0, 0.1) is 0 Å². The lowest BCUT2D eigenvalue weighted by molar-refractivity contribution is -0.142. The number of carbonyl (C=O) groups excluding carboxylic acids is 11. The van der Waals surface area contributed by atoms with Crippen molar-refractivity contribution >= 4 is 70.9 Å². The Morgan fingerprint density at radius 2 is 0.600 bits per heavy atom. The number of carbonyl (C=O) groups is 12. The van der Waals surface area contributed by atoms with Gasteiger partial charge in [-0.1, -0.05) is 0 Å². The van der Waals surface area contributed by atoms with E-state index in [2.05, 4.69) is 53.2 Å². The summed E-state index contributed by atoms with van der Waals surface area (Å²) in [5.41, 5.74) is 5.07. The normalized spacial score (nSPS) is 11.8. The van der Waals surface area contributed by atoms with Gasteiger partial charge in [-0.15, -0.1) is 0 Å². The highest BCUT2D eigenvalue weighted by Crippen LogP contribution is 1.86. The summed E-state index contributed by atoms with van der Waals surface area (Å²) in [7, 11) is 0. The second-order valence-corrected chi connectivity index (χ2v) is 10.5. The Hall–Kier alpha value is -6.52. The zero-order chi connectivity index (χ0) is 41.9. The molecule has 0 saturated heterocycles. The molecule has 0 heterocycles. The van der Waals surface area contributed by atoms with E-state index < -0.39 is 161 Å². The van der Waals surface area contributed by atoms with Crippen LogP contribution in [-0.4, -0.2) is 188 Å². The van der Waals surface area contributed by atoms with Crippen LogP contribution in [0.25, 0.3) is 0 Å². The zero-order valence-corrected chi connectivity index (χ0v) is 29.0. The van der Waals surface area contributed by atoms with Gasteiger partial charge in [-0.2, -0.15) is 0 Å². The number of amides is 11. The number of hydrogen-bond acceptors (Lipinski definition) is 16. The molecule has 3 atom stereocenters. The maximum atomic E-state index is 12.3. The summed E-state index contributed by atoms with van der Waals surface area (Å²) in [5, 5.41) is 59.4. The van der Waals surface area contributed by atoms with Gasteiger partial charge in [0.1, 0.15) is 18.1 Å². The molecule has 0 spiro atoms. The van der Waals surface area contributed by atoms with E-state index in [1.54, 1.807) is 0 Å². The summed E-state index contributed by atoms with van der Waals surface area (Å²) < 4.78 is 0. The molecule has 0 aromatic rings. The number of aliphatic carboxylic acids is 1. The molecule has 17 N–H and O–H groups in total. The third kappa shape index (κ3) is 22.9. The summed E-state index contributed by atoms with van der Waals surface area (Å²) in [4.78, 5) is 141. The van der Waals surface area contributed by atoms with Gasteiger partial charge in [0.05, 0.1) is 78.7 Å². The largest absolute Gasteiger partial charge is 0.480 e. The molecule has 0 radical (unpaired) electrons. The quantitative estimate of drug-likeness (QED) is 0.0387. The van der Waals surface area contributed by atoms with Crippen LogP contribution in [0.5, 0.6) is 0 Å². The first-order chi connectivity index (χ1) is 25.9. The van der Waals surface area contributed by atoms with Crippen molar-refractivity contribution in [1.82, 2.24) is 58.5 Å². The van der Waals surface area contributed by atoms with Crippen molar-refractivity contribution in [3.63, 3.8) is 0 Å². The van der Waals surface area contributed by atoms with Gasteiger partial charge >= 0.3 is 5.97 Å². The molecule has 0 bridgehead atoms. The van der Waals surface area contributed by atoms with Crippen molar-refractivity contribution < 1.29 is 78.0 Å². The van der Waals surface area contributed by atoms with E-state index in [1.165, 1.54) is 0 Å². The number of nitrogens with one attached hydrogen (secondary N) is 11. The molecular formula is C27H44N12O16. The first-order valence-electron chi connectivity index (χ1n) is 15.7. The Kier molecular flexibility index (Phi) is 23.9. The second-order valence-electron chi connectivity index (χ2n) is 10.5. The lowest BCUT2D eigenvalue weighted by Crippen LogP contribution is -2.54. The molecule has 0 aromatic carbocycles. The van der Waals surface area contributed by atoms with Crippen molar-refractivity contribution in [2.24, 2.45) is 5.73 Å². The number of nitrogens with two attached hydrogens (primary N) is 1. The van der Waals surface area contributed by atoms with Gasteiger partial charge < -0.3 is 84.6 Å². The number of aliphatic hydroxyl groups is 3. The van der Waals surface area contributed by atoms with E-state index >= 15 is 0 Å². The molecule has 0 saturated carbocycles. The fourth-order valence-electron chi connectivity index (χ4n) is 3.35. The van der Waals surface area contributed by atoms with Crippen molar-refractivity contribution in [3.8, 4) is 0 Å². The molecule has 0 aromatic heterocycles. The lowest BCUT2D eigenvalue weighted by atomic mass is 10.2. The highest BCUT2D eigenvalue weighted by molar-refractivity contribution is 5.95. The molecule has 0 unspecified atom stereocenters. The number of hydrogen-bond donors (Lipinski definition) is 16. The van der Waals surface area contributed by atoms with Gasteiger partial charge in [0, 0.05) is 0 Å². The SMILES string of the molecule is NCC(=O)NCC(=O)NCC(=O)N[C@@H](CO)C(=O)NCC(=O)NCC(=O)NCC(=O)N[C@@H](CO)C(=O)NCC(=O)NCC(=O)NCC(=O)N[C@@H](CO)C(=O)O. The summed E-state index contributed by atoms with van der Waals surface area (Å²) in [5.74, 6) is -11.3. The van der Waals surface area contributed by atoms with Crippen molar-refractivity contribution in [3.05, 3.63) is 0 Å². The predicted molar refractivity (Wildman–Crippen MR) is 178 cm³/mol. The third-order valence-electron chi connectivity index (χ3n) is 6.19. The molecule has 11 amide bonds. The van der Waals surface area contributed by atoms with Crippen molar-refractivity contribution in [1.29, 1.82) is 0 Å². The van der Waals surface area contributed by atoms with Crippen molar-refractivity contribution in [2.75, 3.05) is 78.7 Å². The first kappa shape index (κ1) is 48.5. The fraction of sp³-hybridized carbons (Fsp3) is 0.556. The minimum Gasteiger partial charge on any atom is -0.480 e. The van der Waals surface area contributed by atoms with Gasteiger partial charge in [0.25, 0.3) is 0 Å². The Morgan fingerprint density at radius 3 is 0.855 bits per heavy atom. The summed E-state index contributed by atoms with van der Waals surface area (Å²) in [6.07, 6.45) is 0. The maximum Gasteiger partial charge on any atom is 0.328 e. The van der Waals surface area contributed by atoms with E-state index in [0.29, 0.717) is 0 Å². The Balaban J connectivity index is 4.41. The number of aliphatic hydroxyl groups excluding tert-OH is 3. The number of rotatable bonds is 26. The molecule has 308 valence electrons. The molecule has 55 heavy (non-hydrogen) atoms. The van der Waals surface area contributed by atoms with Crippen LogP contribution in [0.2, 0.25) is 0 Å². The van der Waals surface area contributed by atoms with Crippen LogP contribution in [0.4, 0.5) is 0 Å². The minimum atomic E-state index is -1.59. The number of carboxylic acid groups (broad SMARTS) is 1. The molecule has 0 aliphatic carbocycles. The lowest BCUT2D eigenvalue weighted by Gasteiger charge is -2.17. The summed E-state index contributed by atoms with van der Waals surface area (Å²) in [6, 6.07) is -4.70. The molecule has 0 fully saturated rings. The smallest absolute Gasteiger partial charge is 0.328 e. The van der Waals surface area contributed by atoms with Gasteiger partial charge in [-0.25, -0.2) is 4.79 Å². The van der Waals surface area contributed by atoms with E-state index in [1.807, 2.05) is 5.32 Å². The number of carboxylic acids is 1. The molecule has 0 aliphatic rings. The Labute approximate surface area is 310 Å². The van der Waals surface area contributed by atoms with Crippen LogP contribution >= 0.6 is 0 Å². The highest BCUT2D eigenvalue weighted by Gasteiger charge is 2.23. The monoisotopic (exact) mass is 792 g/mol. The van der Waals surface area contributed by atoms with E-state index in [9.17, 15) is 67.7 Å². The van der Waals surface area contributed by atoms with E-state index in [4.69, 9.17) is 15.9 Å². The van der Waals surface area contributed by atoms with Crippen LogP contribution < -0.4 is 64.2 Å². The van der Waals surface area contributed by atoms with Crippen LogP contribution in [-0.2, 0) is 57.5 Å². The van der Waals surface area contributed by atoms with Gasteiger partial charge in [0.2, 0.25) is 65.0 Å². The standard InChI is InChI=1S/C27H44N12O16/c28-1-16(43)29-2-17(44)32-7-22(49)37-13(10-40)25(52)35-5-20(47)30-3-18(45)33-8-23(50)38-14(11-41)26(53)36-6-21(48)31-4-19(46)34-9-24(51)39-15(12-42)27(54)55/h13-15,40-42H,1-12,28H2,(H,29,43)(H,30,47)(H,31,48)(H,32,44)(H,33,45)(H,34,46)(H,35,52)(H,36,53)(H,37,49)(H,38,50)(H,39,51)(H,54,55)/t13-,14-,15-/m0/s1. The summed E-state index contributed by atoms with van der Waals surface area (Å²) in [6.45, 7) is -8.34. The van der Waals surface area contributed by atoms with Gasteiger partial charge in [-0.05, 0) is 0 Å². The fourth-order valence-corrected chi connectivity index (χ4v) is 3.35. The minimum absolute atomic E-state index is 0.354. The van der Waals surface area contributed by atoms with Crippen LogP contribution in [0.1, 0.15) is 0 Å². The predicted octanol–water partition coefficient (Wildman–Crippen LogP) is -12.6. The average Bonchev–Trinajstić information content (AvgIpc) is 3.16. The van der Waals surface area contributed by atoms with Gasteiger partial charge in [-0.3, -0.25) is 52.7 Å². The van der Waals surface area contributed by atoms with Gasteiger partial charge in [0.15, 0.2) is 0 Å². The van der Waals surface area contributed by atoms with E-state index in [0.717, 1.165) is 0 Å². The highest BCUT2D eigenvalue weighted by atomic mass is 16.4. The first-order valence-corrected chi connectivity index (χ1v) is 15.7. The molecular weight excluding hydrogens is 748 g/mol. The maximum absolute atomic E-state index is 12.3. The molecule has 28 heteroatoms. The average molecular weight is 793 g/mol. The Bertz CT molecular complexity index is 1430. The second kappa shape index (κ2) is 27.1. The van der Waals surface area contributed by atoms with Crippen LogP contribution in [0.15, 0.2) is 0 Å². The topological polar surface area (TPSA) is 444 Å². The Morgan fingerprint density at radius 1 is 0.364 bits per heavy atom. The third-order valence-corrected chi connectivity index (χ3v) is 6.19.